The van der Waals surface area contributed by atoms with E-state index in [-0.39, 0.29) is 30.1 Å². The van der Waals surface area contributed by atoms with Crippen molar-refractivity contribution < 1.29 is 19.3 Å². The Morgan fingerprint density at radius 2 is 2.20 bits per heavy atom. The average molecular weight is 215 g/mol. The first-order chi connectivity index (χ1) is 7.10. The summed E-state index contributed by atoms with van der Waals surface area (Å²) in [5.41, 5.74) is 5.89. The third-order valence-corrected chi connectivity index (χ3v) is 2.13. The van der Waals surface area contributed by atoms with Crippen molar-refractivity contribution in [3.05, 3.63) is 23.5 Å². The van der Waals surface area contributed by atoms with Crippen LogP contribution in [0.2, 0.25) is 0 Å². The molecule has 4 N–H and O–H groups in total. The number of benzene rings is 1. The van der Waals surface area contributed by atoms with E-state index in [0.717, 1.165) is 12.1 Å². The fourth-order valence-electron chi connectivity index (χ4n) is 1.33. The van der Waals surface area contributed by atoms with Crippen LogP contribution in [0.1, 0.15) is 18.0 Å². The molecule has 0 aromatic heterocycles. The number of ether oxygens (including phenoxy) is 1. The van der Waals surface area contributed by atoms with Crippen molar-refractivity contribution in [3.63, 3.8) is 0 Å². The Morgan fingerprint density at radius 1 is 1.53 bits per heavy atom. The summed E-state index contributed by atoms with van der Waals surface area (Å²) < 4.78 is 17.9. The molecule has 0 bridgehead atoms. The summed E-state index contributed by atoms with van der Waals surface area (Å²) >= 11 is 0. The maximum absolute atomic E-state index is 13.1. The quantitative estimate of drug-likeness (QED) is 0.698. The van der Waals surface area contributed by atoms with Gasteiger partial charge in [0.15, 0.2) is 11.5 Å². The molecule has 1 aromatic rings. The summed E-state index contributed by atoms with van der Waals surface area (Å²) in [5.74, 6) is -0.675. The number of methoxy groups -OCH3 is 1. The van der Waals surface area contributed by atoms with Gasteiger partial charge in [0.1, 0.15) is 5.82 Å². The van der Waals surface area contributed by atoms with Gasteiger partial charge in [0.2, 0.25) is 0 Å². The number of aliphatic hydroxyl groups is 1. The van der Waals surface area contributed by atoms with Crippen LogP contribution >= 0.6 is 0 Å². The molecular formula is C10H14FNO3. The Kier molecular flexibility index (Phi) is 3.88. The molecule has 0 aliphatic rings. The lowest BCUT2D eigenvalue weighted by atomic mass is 10.0. The highest BCUT2D eigenvalue weighted by Crippen LogP contribution is 2.34. The van der Waals surface area contributed by atoms with Crippen LogP contribution in [0.25, 0.3) is 0 Å². The lowest BCUT2D eigenvalue weighted by Crippen LogP contribution is -2.12. The third-order valence-electron chi connectivity index (χ3n) is 2.13. The van der Waals surface area contributed by atoms with Gasteiger partial charge in [-0.25, -0.2) is 4.39 Å². The van der Waals surface area contributed by atoms with Gasteiger partial charge in [0, 0.05) is 24.3 Å². The van der Waals surface area contributed by atoms with Gasteiger partial charge in [0.05, 0.1) is 7.11 Å². The Hall–Kier alpha value is -1.33. The van der Waals surface area contributed by atoms with E-state index in [1.54, 1.807) is 0 Å². The summed E-state index contributed by atoms with van der Waals surface area (Å²) in [5, 5.41) is 18.4. The molecule has 0 heterocycles. The average Bonchev–Trinajstić information content (AvgIpc) is 2.21. The van der Waals surface area contributed by atoms with E-state index in [2.05, 4.69) is 0 Å². The molecule has 1 atom stereocenters. The molecule has 0 aliphatic heterocycles. The van der Waals surface area contributed by atoms with Crippen molar-refractivity contribution in [2.45, 2.75) is 12.5 Å². The zero-order valence-corrected chi connectivity index (χ0v) is 8.40. The Labute approximate surface area is 87.1 Å². The first-order valence-corrected chi connectivity index (χ1v) is 4.53. The van der Waals surface area contributed by atoms with Crippen molar-refractivity contribution in [1.82, 2.24) is 0 Å². The van der Waals surface area contributed by atoms with Crippen LogP contribution in [-0.4, -0.2) is 23.9 Å². The third kappa shape index (κ3) is 2.57. The molecule has 0 unspecified atom stereocenters. The monoisotopic (exact) mass is 215 g/mol. The number of halogens is 1. The number of nitrogens with two attached hydrogens (primary N) is 1. The second-order valence-electron chi connectivity index (χ2n) is 3.16. The van der Waals surface area contributed by atoms with Gasteiger partial charge in [0.25, 0.3) is 0 Å². The van der Waals surface area contributed by atoms with Crippen molar-refractivity contribution in [2.75, 3.05) is 13.7 Å². The number of phenolic OH excluding ortho intramolecular Hbond substituents is 1. The van der Waals surface area contributed by atoms with Crippen LogP contribution < -0.4 is 10.5 Å². The van der Waals surface area contributed by atoms with E-state index in [9.17, 15) is 9.50 Å². The van der Waals surface area contributed by atoms with Crippen molar-refractivity contribution >= 4 is 0 Å². The largest absolute Gasteiger partial charge is 0.504 e. The molecule has 0 amide bonds. The molecule has 1 rings (SSSR count). The number of hydrogen-bond acceptors (Lipinski definition) is 4. The highest BCUT2D eigenvalue weighted by Gasteiger charge is 2.16. The molecule has 5 heteroatoms. The van der Waals surface area contributed by atoms with Crippen LogP contribution in [-0.2, 0) is 0 Å². The standard InChI is InChI=1S/C10H14FNO3/c1-15-9-5-6(11)4-7(10(9)14)8(12)2-3-13/h4-5,8,13-14H,2-3,12H2,1H3/t8-/m1/s1. The molecule has 1 aromatic carbocycles. The zero-order chi connectivity index (χ0) is 11.4. The Balaban J connectivity index is 3.11. The maximum atomic E-state index is 13.1. The van der Waals surface area contributed by atoms with Gasteiger partial charge in [-0.05, 0) is 12.5 Å². The molecule has 0 spiro atoms. The number of rotatable bonds is 4. The van der Waals surface area contributed by atoms with Crippen LogP contribution in [0.15, 0.2) is 12.1 Å². The lowest BCUT2D eigenvalue weighted by Gasteiger charge is -2.14. The van der Waals surface area contributed by atoms with E-state index >= 15 is 0 Å². The first-order valence-electron chi connectivity index (χ1n) is 4.53. The highest BCUT2D eigenvalue weighted by atomic mass is 19.1. The molecule has 0 saturated carbocycles. The van der Waals surface area contributed by atoms with Gasteiger partial charge in [-0.2, -0.15) is 0 Å². The normalized spacial score (nSPS) is 12.5. The summed E-state index contributed by atoms with van der Waals surface area (Å²) in [7, 11) is 1.33. The zero-order valence-electron chi connectivity index (χ0n) is 8.40. The van der Waals surface area contributed by atoms with E-state index < -0.39 is 11.9 Å². The predicted molar refractivity (Wildman–Crippen MR) is 53.2 cm³/mol. The Morgan fingerprint density at radius 3 is 2.73 bits per heavy atom. The van der Waals surface area contributed by atoms with E-state index in [4.69, 9.17) is 15.6 Å². The highest BCUT2D eigenvalue weighted by molar-refractivity contribution is 5.47. The Bertz CT molecular complexity index is 344. The first kappa shape index (κ1) is 11.7. The predicted octanol–water partition coefficient (Wildman–Crippen LogP) is 0.922. The summed E-state index contributed by atoms with van der Waals surface area (Å²) in [6, 6.07) is 1.60. The van der Waals surface area contributed by atoms with Gasteiger partial charge in [-0.15, -0.1) is 0 Å². The van der Waals surface area contributed by atoms with Crippen LogP contribution in [0.3, 0.4) is 0 Å². The number of aliphatic hydroxyl groups excluding tert-OH is 1. The molecule has 15 heavy (non-hydrogen) atoms. The molecule has 84 valence electrons. The SMILES string of the molecule is COc1cc(F)cc([C@H](N)CCO)c1O. The molecule has 0 radical (unpaired) electrons. The number of phenols is 1. The number of aromatic hydroxyl groups is 1. The topological polar surface area (TPSA) is 75.7 Å². The lowest BCUT2D eigenvalue weighted by molar-refractivity contribution is 0.274. The number of hydrogen-bond donors (Lipinski definition) is 3. The maximum Gasteiger partial charge on any atom is 0.163 e. The molecule has 0 saturated heterocycles. The summed E-state index contributed by atoms with van der Waals surface area (Å²) in [4.78, 5) is 0. The smallest absolute Gasteiger partial charge is 0.163 e. The second kappa shape index (κ2) is 4.95. The fraction of sp³-hybridized carbons (Fsp3) is 0.400. The van der Waals surface area contributed by atoms with Crippen LogP contribution in [0, 0.1) is 5.82 Å². The van der Waals surface area contributed by atoms with Gasteiger partial charge in [-0.3, -0.25) is 0 Å². The molecular weight excluding hydrogens is 201 g/mol. The van der Waals surface area contributed by atoms with E-state index in [1.807, 2.05) is 0 Å². The van der Waals surface area contributed by atoms with Crippen molar-refractivity contribution in [1.29, 1.82) is 0 Å². The molecule has 4 nitrogen and oxygen atoms in total. The van der Waals surface area contributed by atoms with Gasteiger partial charge >= 0.3 is 0 Å². The summed E-state index contributed by atoms with van der Waals surface area (Å²) in [6.45, 7) is -0.126. The minimum Gasteiger partial charge on any atom is -0.504 e. The summed E-state index contributed by atoms with van der Waals surface area (Å²) in [6.07, 6.45) is 0.250. The van der Waals surface area contributed by atoms with Crippen LogP contribution in [0.4, 0.5) is 4.39 Å². The van der Waals surface area contributed by atoms with Crippen molar-refractivity contribution in [2.24, 2.45) is 5.73 Å². The molecule has 0 aliphatic carbocycles. The fourth-order valence-corrected chi connectivity index (χ4v) is 1.33. The van der Waals surface area contributed by atoms with Crippen LogP contribution in [0.5, 0.6) is 11.5 Å². The minimum absolute atomic E-state index is 0.0402. The van der Waals surface area contributed by atoms with Gasteiger partial charge < -0.3 is 20.7 Å². The van der Waals surface area contributed by atoms with Gasteiger partial charge in [-0.1, -0.05) is 0 Å². The minimum atomic E-state index is -0.611. The van der Waals surface area contributed by atoms with Crippen molar-refractivity contribution in [3.8, 4) is 11.5 Å². The molecule has 0 fully saturated rings. The van der Waals surface area contributed by atoms with E-state index in [0.29, 0.717) is 0 Å². The second-order valence-corrected chi connectivity index (χ2v) is 3.16. The van der Waals surface area contributed by atoms with E-state index in [1.165, 1.54) is 7.11 Å².